The fraction of sp³-hybridized carbons (Fsp3) is 0.545. The van der Waals surface area contributed by atoms with Crippen LogP contribution in [0.2, 0.25) is 0 Å². The van der Waals surface area contributed by atoms with E-state index < -0.39 is 18.0 Å². The highest BCUT2D eigenvalue weighted by Gasteiger charge is 2.36. The Morgan fingerprint density at radius 2 is 2.22 bits per heavy atom. The molecule has 2 atom stereocenters. The molecule has 0 aromatic carbocycles. The van der Waals surface area contributed by atoms with Gasteiger partial charge < -0.3 is 15.1 Å². The number of nitrogens with zero attached hydrogens (tertiary/aromatic N) is 1. The molecule has 1 fully saturated rings. The number of hydrogen-bond acceptors (Lipinski definition) is 4. The molecule has 1 aliphatic rings. The van der Waals surface area contributed by atoms with Crippen molar-refractivity contribution >= 4 is 29.6 Å². The molecule has 18 heavy (non-hydrogen) atoms. The van der Waals surface area contributed by atoms with Crippen LogP contribution in [0.25, 0.3) is 0 Å². The van der Waals surface area contributed by atoms with Crippen LogP contribution in [0, 0.1) is 18.3 Å². The maximum atomic E-state index is 11.6. The summed E-state index contributed by atoms with van der Waals surface area (Å²) >= 11 is 0.970. The third kappa shape index (κ3) is 3.67. The van der Waals surface area contributed by atoms with Crippen molar-refractivity contribution in [2.45, 2.75) is 12.5 Å². The van der Waals surface area contributed by atoms with Crippen molar-refractivity contribution in [2.24, 2.45) is 5.92 Å². The minimum absolute atomic E-state index is 0.0463. The van der Waals surface area contributed by atoms with Gasteiger partial charge in [-0.15, -0.1) is 24.1 Å². The Labute approximate surface area is 108 Å². The molecule has 6 nitrogen and oxygen atoms in total. The zero-order valence-corrected chi connectivity index (χ0v) is 10.4. The SMILES string of the molecule is C#CC1CC(=O)N([C@@H](CSCC(=O)O)C(=O)O)C1. The van der Waals surface area contributed by atoms with E-state index in [4.69, 9.17) is 16.6 Å². The lowest BCUT2D eigenvalue weighted by molar-refractivity contribution is -0.147. The van der Waals surface area contributed by atoms with Crippen molar-refractivity contribution in [1.82, 2.24) is 4.90 Å². The molecule has 7 heteroatoms. The molecule has 0 radical (unpaired) electrons. The molecule has 0 saturated carbocycles. The summed E-state index contributed by atoms with van der Waals surface area (Å²) < 4.78 is 0. The number of thioether (sulfide) groups is 1. The van der Waals surface area contributed by atoms with Crippen LogP contribution in [0.3, 0.4) is 0 Å². The quantitative estimate of drug-likeness (QED) is 0.646. The summed E-state index contributed by atoms with van der Waals surface area (Å²) in [4.78, 5) is 34.3. The van der Waals surface area contributed by atoms with Gasteiger partial charge in [-0.1, -0.05) is 0 Å². The number of terminal acetylenes is 1. The molecule has 1 rings (SSSR count). The van der Waals surface area contributed by atoms with Gasteiger partial charge in [-0.25, -0.2) is 4.79 Å². The molecule has 2 N–H and O–H groups in total. The second kappa shape index (κ2) is 6.31. The van der Waals surface area contributed by atoms with Crippen molar-refractivity contribution < 1.29 is 24.6 Å². The van der Waals surface area contributed by atoms with Gasteiger partial charge in [0.05, 0.1) is 5.75 Å². The highest BCUT2D eigenvalue weighted by Crippen LogP contribution is 2.21. The van der Waals surface area contributed by atoms with E-state index in [1.54, 1.807) is 0 Å². The predicted octanol–water partition coefficient (Wildman–Crippen LogP) is -0.261. The lowest BCUT2D eigenvalue weighted by Crippen LogP contribution is -2.44. The molecule has 1 saturated heterocycles. The van der Waals surface area contributed by atoms with Gasteiger partial charge >= 0.3 is 11.9 Å². The van der Waals surface area contributed by atoms with Gasteiger partial charge in [-0.2, -0.15) is 0 Å². The van der Waals surface area contributed by atoms with Gasteiger partial charge in [-0.3, -0.25) is 9.59 Å². The molecule has 0 aliphatic carbocycles. The van der Waals surface area contributed by atoms with E-state index >= 15 is 0 Å². The Kier molecular flexibility index (Phi) is 5.04. The average molecular weight is 271 g/mol. The van der Waals surface area contributed by atoms with E-state index in [0.29, 0.717) is 0 Å². The Hall–Kier alpha value is -1.68. The maximum Gasteiger partial charge on any atom is 0.327 e. The third-order valence-corrected chi connectivity index (χ3v) is 3.56. The van der Waals surface area contributed by atoms with Crippen molar-refractivity contribution in [3.8, 4) is 12.3 Å². The van der Waals surface area contributed by atoms with E-state index in [-0.39, 0.29) is 36.3 Å². The summed E-state index contributed by atoms with van der Waals surface area (Å²) in [6, 6.07) is -1.01. The topological polar surface area (TPSA) is 94.9 Å². The summed E-state index contributed by atoms with van der Waals surface area (Å²) in [6.45, 7) is 0.222. The zero-order valence-electron chi connectivity index (χ0n) is 9.54. The van der Waals surface area contributed by atoms with E-state index in [0.717, 1.165) is 11.8 Å². The van der Waals surface area contributed by atoms with Crippen LogP contribution in [0.1, 0.15) is 6.42 Å². The van der Waals surface area contributed by atoms with Crippen molar-refractivity contribution in [3.05, 3.63) is 0 Å². The Morgan fingerprint density at radius 1 is 1.56 bits per heavy atom. The van der Waals surface area contributed by atoms with Crippen molar-refractivity contribution in [3.63, 3.8) is 0 Å². The van der Waals surface area contributed by atoms with Gasteiger partial charge in [0.2, 0.25) is 5.91 Å². The molecule has 1 aliphatic heterocycles. The fourth-order valence-corrected chi connectivity index (χ4v) is 2.54. The largest absolute Gasteiger partial charge is 0.481 e. The predicted molar refractivity (Wildman–Crippen MR) is 65.0 cm³/mol. The van der Waals surface area contributed by atoms with Gasteiger partial charge in [0, 0.05) is 24.6 Å². The first-order chi connectivity index (χ1) is 8.45. The van der Waals surface area contributed by atoms with Crippen molar-refractivity contribution in [2.75, 3.05) is 18.1 Å². The first kappa shape index (κ1) is 14.4. The van der Waals surface area contributed by atoms with Crippen LogP contribution in [-0.4, -0.2) is 57.1 Å². The number of carboxylic acids is 2. The van der Waals surface area contributed by atoms with E-state index in [1.165, 1.54) is 4.90 Å². The van der Waals surface area contributed by atoms with Gasteiger partial charge in [0.1, 0.15) is 6.04 Å². The number of carbonyl (C=O) groups is 3. The number of rotatable bonds is 6. The number of aliphatic carboxylic acids is 2. The standard InChI is InChI=1S/C11H13NO5S/c1-2-7-3-9(13)12(4-7)8(11(16)17)5-18-6-10(14)15/h1,7-8H,3-6H2,(H,14,15)(H,16,17)/t7?,8-/m0/s1. The molecule has 1 unspecified atom stereocenters. The monoisotopic (exact) mass is 271 g/mol. The molecule has 0 aromatic heterocycles. The molecule has 0 spiro atoms. The minimum atomic E-state index is -1.14. The van der Waals surface area contributed by atoms with Gasteiger partial charge in [0.15, 0.2) is 0 Å². The van der Waals surface area contributed by atoms with Crippen LogP contribution >= 0.6 is 11.8 Å². The second-order valence-electron chi connectivity index (χ2n) is 3.88. The molecule has 1 heterocycles. The highest BCUT2D eigenvalue weighted by atomic mass is 32.2. The molecule has 0 bridgehead atoms. The van der Waals surface area contributed by atoms with Crippen LogP contribution in [0.15, 0.2) is 0 Å². The van der Waals surface area contributed by atoms with E-state index in [9.17, 15) is 14.4 Å². The van der Waals surface area contributed by atoms with E-state index in [2.05, 4.69) is 5.92 Å². The maximum absolute atomic E-state index is 11.6. The number of carbonyl (C=O) groups excluding carboxylic acids is 1. The summed E-state index contributed by atoms with van der Waals surface area (Å²) in [5.41, 5.74) is 0. The number of amides is 1. The Balaban J connectivity index is 2.62. The first-order valence-electron chi connectivity index (χ1n) is 5.23. The Bertz CT molecular complexity index is 403. The van der Waals surface area contributed by atoms with Crippen LogP contribution in [0.5, 0.6) is 0 Å². The minimum Gasteiger partial charge on any atom is -0.481 e. The highest BCUT2D eigenvalue weighted by molar-refractivity contribution is 8.00. The summed E-state index contributed by atoms with van der Waals surface area (Å²) in [7, 11) is 0. The normalized spacial score (nSPS) is 20.5. The zero-order chi connectivity index (χ0) is 13.7. The van der Waals surface area contributed by atoms with E-state index in [1.807, 2.05) is 0 Å². The molecule has 1 amide bonds. The molecule has 98 valence electrons. The third-order valence-electron chi connectivity index (χ3n) is 2.56. The lowest BCUT2D eigenvalue weighted by atomic mass is 10.1. The van der Waals surface area contributed by atoms with Gasteiger partial charge in [-0.05, 0) is 0 Å². The van der Waals surface area contributed by atoms with Crippen molar-refractivity contribution in [1.29, 1.82) is 0 Å². The lowest BCUT2D eigenvalue weighted by Gasteiger charge is -2.23. The first-order valence-corrected chi connectivity index (χ1v) is 6.39. The van der Waals surface area contributed by atoms with Crippen LogP contribution in [0.4, 0.5) is 0 Å². The smallest absolute Gasteiger partial charge is 0.327 e. The van der Waals surface area contributed by atoms with Crippen LogP contribution in [-0.2, 0) is 14.4 Å². The molecule has 0 aromatic rings. The summed E-state index contributed by atoms with van der Waals surface area (Å²) in [5.74, 6) is -0.414. The summed E-state index contributed by atoms with van der Waals surface area (Å²) in [6.07, 6.45) is 5.37. The summed E-state index contributed by atoms with van der Waals surface area (Å²) in [5, 5.41) is 17.6. The number of carboxylic acid groups (broad SMARTS) is 2. The number of likely N-dealkylation sites (tertiary alicyclic amines) is 1. The average Bonchev–Trinajstić information content (AvgIpc) is 2.65. The Morgan fingerprint density at radius 3 is 2.67 bits per heavy atom. The van der Waals surface area contributed by atoms with Crippen LogP contribution < -0.4 is 0 Å². The second-order valence-corrected chi connectivity index (χ2v) is 4.91. The number of hydrogen-bond donors (Lipinski definition) is 2. The fourth-order valence-electron chi connectivity index (χ4n) is 1.70. The molecular formula is C11H13NO5S. The molecular weight excluding hydrogens is 258 g/mol. The van der Waals surface area contributed by atoms with Gasteiger partial charge in [0.25, 0.3) is 0 Å².